The zero-order valence-electron chi connectivity index (χ0n) is 14.5. The lowest BCUT2D eigenvalue weighted by Crippen LogP contribution is -2.38. The summed E-state index contributed by atoms with van der Waals surface area (Å²) in [6.45, 7) is 6.44. The topological polar surface area (TPSA) is 81.9 Å². The molecule has 0 aliphatic carbocycles. The van der Waals surface area contributed by atoms with E-state index in [4.69, 9.17) is 14.0 Å². The largest absolute Gasteiger partial charge is 0.490 e. The lowest BCUT2D eigenvalue weighted by Gasteiger charge is -2.29. The van der Waals surface area contributed by atoms with Crippen LogP contribution in [0, 0.1) is 6.92 Å². The van der Waals surface area contributed by atoms with Gasteiger partial charge in [0.15, 0.2) is 0 Å². The lowest BCUT2D eigenvalue weighted by atomic mass is 10.1. The Balaban J connectivity index is 2.00. The lowest BCUT2D eigenvalue weighted by molar-refractivity contribution is 0.0526. The zero-order chi connectivity index (χ0) is 18.0. The highest BCUT2D eigenvalue weighted by Crippen LogP contribution is 2.34. The first-order valence-corrected chi connectivity index (χ1v) is 8.27. The Morgan fingerprint density at radius 1 is 1.32 bits per heavy atom. The summed E-state index contributed by atoms with van der Waals surface area (Å²) < 4.78 is 15.9. The summed E-state index contributed by atoms with van der Waals surface area (Å²) in [7, 11) is 0. The quantitative estimate of drug-likeness (QED) is 0.793. The second-order valence-corrected chi connectivity index (χ2v) is 5.63. The van der Waals surface area contributed by atoms with Crippen LogP contribution in [0.5, 0.6) is 5.75 Å². The molecule has 2 heterocycles. The van der Waals surface area contributed by atoms with Gasteiger partial charge in [0.2, 0.25) is 0 Å². The highest BCUT2D eigenvalue weighted by molar-refractivity contribution is 6.09. The summed E-state index contributed by atoms with van der Waals surface area (Å²) in [5.41, 5.74) is 1.94. The van der Waals surface area contributed by atoms with Gasteiger partial charge in [0.05, 0.1) is 30.1 Å². The normalized spacial score (nSPS) is 13.2. The number of carbonyl (C=O) groups excluding carboxylic acids is 2. The Hall–Kier alpha value is -2.83. The summed E-state index contributed by atoms with van der Waals surface area (Å²) in [4.78, 5) is 26.7. The van der Waals surface area contributed by atoms with E-state index in [0.29, 0.717) is 53.6 Å². The van der Waals surface area contributed by atoms with E-state index in [0.717, 1.165) is 0 Å². The second-order valence-electron chi connectivity index (χ2n) is 5.63. The van der Waals surface area contributed by atoms with Crippen molar-refractivity contribution in [1.29, 1.82) is 0 Å². The molecular weight excluding hydrogens is 324 g/mol. The fourth-order valence-corrected chi connectivity index (χ4v) is 2.84. The van der Waals surface area contributed by atoms with E-state index in [2.05, 4.69) is 5.16 Å². The minimum Gasteiger partial charge on any atom is -0.490 e. The number of hydrogen-bond acceptors (Lipinski definition) is 6. The highest BCUT2D eigenvalue weighted by atomic mass is 16.5. The maximum absolute atomic E-state index is 13.1. The first-order chi connectivity index (χ1) is 12.1. The Morgan fingerprint density at radius 2 is 2.12 bits per heavy atom. The Kier molecular flexibility index (Phi) is 4.74. The van der Waals surface area contributed by atoms with Crippen molar-refractivity contribution in [3.63, 3.8) is 0 Å². The van der Waals surface area contributed by atoms with Crippen LogP contribution in [0.2, 0.25) is 0 Å². The molecule has 132 valence electrons. The predicted octanol–water partition coefficient (Wildman–Crippen LogP) is 2.76. The molecule has 3 rings (SSSR count). The molecule has 25 heavy (non-hydrogen) atoms. The highest BCUT2D eigenvalue weighted by Gasteiger charge is 2.30. The van der Waals surface area contributed by atoms with E-state index in [1.54, 1.807) is 36.9 Å². The van der Waals surface area contributed by atoms with Gasteiger partial charge in [0, 0.05) is 6.42 Å². The third kappa shape index (κ3) is 3.09. The standard InChI is InChI=1S/C18H20N2O5/c1-4-14-16(11(3)19-25-14)17(21)20-8-9-24-15-7-6-12(10-13(15)20)18(22)23-5-2/h6-7,10H,4-5,8-9H2,1-3H3. The molecule has 0 bridgehead atoms. The first-order valence-electron chi connectivity index (χ1n) is 8.27. The van der Waals surface area contributed by atoms with Gasteiger partial charge in [-0.25, -0.2) is 4.79 Å². The summed E-state index contributed by atoms with van der Waals surface area (Å²) >= 11 is 0. The second kappa shape index (κ2) is 6.96. The number of benzene rings is 1. The molecule has 0 radical (unpaired) electrons. The minimum absolute atomic E-state index is 0.207. The Morgan fingerprint density at radius 3 is 2.84 bits per heavy atom. The number of rotatable bonds is 4. The number of anilines is 1. The third-order valence-corrected chi connectivity index (χ3v) is 4.05. The molecule has 0 fully saturated rings. The van der Waals surface area contributed by atoms with Crippen molar-refractivity contribution in [3.8, 4) is 5.75 Å². The molecule has 7 nitrogen and oxygen atoms in total. The van der Waals surface area contributed by atoms with Crippen molar-refractivity contribution in [3.05, 3.63) is 40.8 Å². The number of esters is 1. The van der Waals surface area contributed by atoms with Gasteiger partial charge in [-0.2, -0.15) is 0 Å². The molecule has 1 aliphatic heterocycles. The minimum atomic E-state index is -0.432. The third-order valence-electron chi connectivity index (χ3n) is 4.05. The average molecular weight is 344 g/mol. The first kappa shape index (κ1) is 17.0. The fraction of sp³-hybridized carbons (Fsp3) is 0.389. The van der Waals surface area contributed by atoms with Gasteiger partial charge in [-0.3, -0.25) is 4.79 Å². The van der Waals surface area contributed by atoms with Gasteiger partial charge in [0.25, 0.3) is 5.91 Å². The number of nitrogens with zero attached hydrogens (tertiary/aromatic N) is 2. The van der Waals surface area contributed by atoms with Crippen molar-refractivity contribution in [2.75, 3.05) is 24.7 Å². The summed E-state index contributed by atoms with van der Waals surface area (Å²) in [5, 5.41) is 3.90. The molecule has 0 N–H and O–H groups in total. The summed E-state index contributed by atoms with van der Waals surface area (Å²) in [6, 6.07) is 4.94. The summed E-state index contributed by atoms with van der Waals surface area (Å²) in [5.74, 6) is 0.469. The van der Waals surface area contributed by atoms with Crippen LogP contribution in [0.15, 0.2) is 22.7 Å². The fourth-order valence-electron chi connectivity index (χ4n) is 2.84. The molecule has 1 aromatic carbocycles. The van der Waals surface area contributed by atoms with Gasteiger partial charge in [-0.1, -0.05) is 12.1 Å². The molecule has 0 saturated carbocycles. The smallest absolute Gasteiger partial charge is 0.338 e. The van der Waals surface area contributed by atoms with Crippen molar-refractivity contribution < 1.29 is 23.6 Å². The number of carbonyl (C=O) groups is 2. The summed E-state index contributed by atoms with van der Waals surface area (Å²) in [6.07, 6.45) is 0.571. The van der Waals surface area contributed by atoms with Crippen LogP contribution in [-0.2, 0) is 11.2 Å². The van der Waals surface area contributed by atoms with Crippen molar-refractivity contribution in [2.24, 2.45) is 0 Å². The van der Waals surface area contributed by atoms with E-state index in [1.807, 2.05) is 6.92 Å². The number of amides is 1. The van der Waals surface area contributed by atoms with Crippen LogP contribution in [0.4, 0.5) is 5.69 Å². The molecule has 1 aromatic heterocycles. The molecule has 7 heteroatoms. The molecule has 2 aromatic rings. The van der Waals surface area contributed by atoms with Crippen LogP contribution in [-0.4, -0.2) is 36.8 Å². The maximum atomic E-state index is 13.1. The van der Waals surface area contributed by atoms with Gasteiger partial charge in [-0.05, 0) is 32.0 Å². The Labute approximate surface area is 145 Å². The SMILES string of the molecule is CCOC(=O)c1ccc2c(c1)N(C(=O)c1c(C)noc1CC)CCO2. The van der Waals surface area contributed by atoms with E-state index in [1.165, 1.54) is 0 Å². The van der Waals surface area contributed by atoms with Crippen LogP contribution in [0.1, 0.15) is 46.0 Å². The zero-order valence-corrected chi connectivity index (χ0v) is 14.5. The monoisotopic (exact) mass is 344 g/mol. The van der Waals surface area contributed by atoms with Gasteiger partial charge in [0.1, 0.15) is 23.7 Å². The molecule has 1 amide bonds. The number of hydrogen-bond donors (Lipinski definition) is 0. The molecular formula is C18H20N2O5. The van der Waals surface area contributed by atoms with Crippen LogP contribution in [0.25, 0.3) is 0 Å². The number of fused-ring (bicyclic) bond motifs is 1. The van der Waals surface area contributed by atoms with Crippen LogP contribution in [0.3, 0.4) is 0 Å². The molecule has 0 spiro atoms. The van der Waals surface area contributed by atoms with Crippen molar-refractivity contribution >= 4 is 17.6 Å². The van der Waals surface area contributed by atoms with E-state index >= 15 is 0 Å². The molecule has 0 unspecified atom stereocenters. The predicted molar refractivity (Wildman–Crippen MR) is 90.2 cm³/mol. The van der Waals surface area contributed by atoms with Gasteiger partial charge < -0.3 is 18.9 Å². The number of ether oxygens (including phenoxy) is 2. The molecule has 1 aliphatic rings. The average Bonchev–Trinajstić information content (AvgIpc) is 3.01. The van der Waals surface area contributed by atoms with E-state index in [-0.39, 0.29) is 12.5 Å². The van der Waals surface area contributed by atoms with Crippen molar-refractivity contribution in [2.45, 2.75) is 27.2 Å². The molecule has 0 atom stereocenters. The van der Waals surface area contributed by atoms with Gasteiger partial charge >= 0.3 is 5.97 Å². The van der Waals surface area contributed by atoms with Crippen LogP contribution >= 0.6 is 0 Å². The molecule has 0 saturated heterocycles. The van der Waals surface area contributed by atoms with Crippen molar-refractivity contribution in [1.82, 2.24) is 5.16 Å². The van der Waals surface area contributed by atoms with Gasteiger partial charge in [-0.15, -0.1) is 0 Å². The van der Waals surface area contributed by atoms with Crippen LogP contribution < -0.4 is 9.64 Å². The maximum Gasteiger partial charge on any atom is 0.338 e. The number of aryl methyl sites for hydroxylation is 2. The number of aromatic nitrogens is 1. The van der Waals surface area contributed by atoms with E-state index in [9.17, 15) is 9.59 Å². The Bertz CT molecular complexity index is 812. The van der Waals surface area contributed by atoms with E-state index < -0.39 is 5.97 Å².